The van der Waals surface area contributed by atoms with Gasteiger partial charge in [0.25, 0.3) is 10.0 Å². The van der Waals surface area contributed by atoms with Crippen LogP contribution in [0.5, 0.6) is 0 Å². The number of benzene rings is 2. The number of hydrogen-bond donors (Lipinski definition) is 0. The Kier molecular flexibility index (Phi) is 2.78. The second-order valence-electron chi connectivity index (χ2n) is 4.52. The molecule has 2 aromatic rings. The van der Waals surface area contributed by atoms with Gasteiger partial charge in [-0.25, -0.2) is 8.42 Å². The molecule has 0 saturated carbocycles. The van der Waals surface area contributed by atoms with Crippen molar-refractivity contribution in [3.63, 3.8) is 0 Å². The average Bonchev–Trinajstić information content (AvgIpc) is 2.85. The summed E-state index contributed by atoms with van der Waals surface area (Å²) in [5.74, 6) is 0.563. The van der Waals surface area contributed by atoms with Crippen LogP contribution in [0.1, 0.15) is 6.92 Å². The third kappa shape index (κ3) is 2.00. The summed E-state index contributed by atoms with van der Waals surface area (Å²) in [6, 6.07) is 12.9. The highest BCUT2D eigenvalue weighted by atomic mass is 32.2. The second-order valence-corrected chi connectivity index (χ2v) is 6.38. The minimum absolute atomic E-state index is 0.322. The fraction of sp³-hybridized carbons (Fsp3) is 0.214. The van der Waals surface area contributed by atoms with Gasteiger partial charge in [-0.2, -0.15) is 0 Å². The molecular formula is C14H14N2O2S. The molecule has 0 unspecified atom stereocenters. The monoisotopic (exact) mass is 274 g/mol. The van der Waals surface area contributed by atoms with Gasteiger partial charge in [0.15, 0.2) is 0 Å². The average molecular weight is 274 g/mol. The second kappa shape index (κ2) is 4.35. The van der Waals surface area contributed by atoms with E-state index < -0.39 is 10.0 Å². The van der Waals surface area contributed by atoms with Gasteiger partial charge in [0.2, 0.25) is 0 Å². The highest BCUT2D eigenvalue weighted by molar-refractivity contribution is 7.89. The first-order chi connectivity index (χ1) is 9.09. The Morgan fingerprint density at radius 2 is 1.84 bits per heavy atom. The highest BCUT2D eigenvalue weighted by Gasteiger charge is 2.28. The minimum Gasteiger partial charge on any atom is -0.270 e. The normalized spacial score (nSPS) is 15.8. The number of nitrogens with zero attached hydrogens (tertiary/aromatic N) is 2. The lowest BCUT2D eigenvalue weighted by atomic mass is 10.1. The Bertz CT molecular complexity index is 766. The van der Waals surface area contributed by atoms with E-state index in [0.29, 0.717) is 23.8 Å². The number of aliphatic imine (C=N–C) groups is 1. The van der Waals surface area contributed by atoms with Crippen LogP contribution >= 0.6 is 0 Å². The van der Waals surface area contributed by atoms with Crippen LogP contribution < -0.4 is 0 Å². The SMILES string of the molecule is CC1=NCCN1S(=O)(=O)c1ccc2ccccc2c1. The molecule has 0 bridgehead atoms. The quantitative estimate of drug-likeness (QED) is 0.843. The van der Waals surface area contributed by atoms with Crippen LogP contribution in [0.15, 0.2) is 52.4 Å². The van der Waals surface area contributed by atoms with E-state index in [0.717, 1.165) is 10.8 Å². The van der Waals surface area contributed by atoms with E-state index in [4.69, 9.17) is 0 Å². The molecule has 0 aromatic heterocycles. The van der Waals surface area contributed by atoms with Crippen LogP contribution in [0.3, 0.4) is 0 Å². The molecule has 0 aliphatic carbocycles. The van der Waals surface area contributed by atoms with Crippen molar-refractivity contribution in [3.8, 4) is 0 Å². The number of rotatable bonds is 2. The Hall–Kier alpha value is -1.88. The lowest BCUT2D eigenvalue weighted by Gasteiger charge is -2.18. The molecule has 5 heteroatoms. The maximum atomic E-state index is 12.5. The van der Waals surface area contributed by atoms with E-state index in [-0.39, 0.29) is 0 Å². The molecule has 1 aliphatic rings. The smallest absolute Gasteiger partial charge is 0.265 e. The zero-order valence-electron chi connectivity index (χ0n) is 10.6. The van der Waals surface area contributed by atoms with Crippen LogP contribution in [-0.4, -0.2) is 31.6 Å². The van der Waals surface area contributed by atoms with Crippen LogP contribution in [0.2, 0.25) is 0 Å². The zero-order chi connectivity index (χ0) is 13.5. The number of amidine groups is 1. The Morgan fingerprint density at radius 3 is 2.53 bits per heavy atom. The Labute approximate surface area is 112 Å². The summed E-state index contributed by atoms with van der Waals surface area (Å²) >= 11 is 0. The summed E-state index contributed by atoms with van der Waals surface area (Å²) in [5.41, 5.74) is 0. The molecule has 4 nitrogen and oxygen atoms in total. The molecule has 1 aliphatic heterocycles. The van der Waals surface area contributed by atoms with Crippen LogP contribution in [0.4, 0.5) is 0 Å². The summed E-state index contributed by atoms with van der Waals surface area (Å²) < 4.78 is 26.4. The van der Waals surface area contributed by atoms with E-state index in [9.17, 15) is 8.42 Å². The summed E-state index contributed by atoms with van der Waals surface area (Å²) in [4.78, 5) is 4.46. The van der Waals surface area contributed by atoms with Gasteiger partial charge < -0.3 is 0 Å². The first kappa shape index (κ1) is 12.2. The first-order valence-corrected chi connectivity index (χ1v) is 7.56. The lowest BCUT2D eigenvalue weighted by molar-refractivity contribution is 0.537. The van der Waals surface area contributed by atoms with Gasteiger partial charge in [0.1, 0.15) is 5.84 Å². The predicted molar refractivity (Wildman–Crippen MR) is 75.8 cm³/mol. The molecule has 19 heavy (non-hydrogen) atoms. The number of hydrogen-bond acceptors (Lipinski definition) is 3. The number of sulfonamides is 1. The van der Waals surface area contributed by atoms with Gasteiger partial charge in [0, 0.05) is 0 Å². The van der Waals surface area contributed by atoms with Crippen molar-refractivity contribution < 1.29 is 8.42 Å². The molecule has 0 atom stereocenters. The fourth-order valence-corrected chi connectivity index (χ4v) is 3.79. The third-order valence-corrected chi connectivity index (χ3v) is 5.19. The molecule has 98 valence electrons. The largest absolute Gasteiger partial charge is 0.270 e. The Balaban J connectivity index is 2.11. The molecule has 1 heterocycles. The topological polar surface area (TPSA) is 49.7 Å². The van der Waals surface area contributed by atoms with Crippen molar-refractivity contribution in [3.05, 3.63) is 42.5 Å². The van der Waals surface area contributed by atoms with Gasteiger partial charge in [-0.1, -0.05) is 30.3 Å². The minimum atomic E-state index is -3.48. The van der Waals surface area contributed by atoms with Crippen molar-refractivity contribution in [2.24, 2.45) is 4.99 Å². The van der Waals surface area contributed by atoms with Crippen molar-refractivity contribution in [1.82, 2.24) is 4.31 Å². The van der Waals surface area contributed by atoms with Crippen molar-refractivity contribution in [2.75, 3.05) is 13.1 Å². The van der Waals surface area contributed by atoms with Gasteiger partial charge in [0.05, 0.1) is 18.0 Å². The molecule has 0 fully saturated rings. The van der Waals surface area contributed by atoms with E-state index in [1.165, 1.54) is 4.31 Å². The third-order valence-electron chi connectivity index (χ3n) is 3.31. The summed E-state index contributed by atoms with van der Waals surface area (Å²) in [7, 11) is -3.48. The van der Waals surface area contributed by atoms with Crippen molar-refractivity contribution >= 4 is 26.6 Å². The predicted octanol–water partition coefficient (Wildman–Crippen LogP) is 2.26. The van der Waals surface area contributed by atoms with Crippen LogP contribution in [0.25, 0.3) is 10.8 Å². The van der Waals surface area contributed by atoms with Crippen LogP contribution in [0, 0.1) is 0 Å². The van der Waals surface area contributed by atoms with E-state index in [2.05, 4.69) is 4.99 Å². The summed E-state index contributed by atoms with van der Waals surface area (Å²) in [6.45, 7) is 2.70. The van der Waals surface area contributed by atoms with Gasteiger partial charge in [-0.15, -0.1) is 0 Å². The highest BCUT2D eigenvalue weighted by Crippen LogP contribution is 2.23. The first-order valence-electron chi connectivity index (χ1n) is 6.12. The molecule has 0 saturated heterocycles. The van der Waals surface area contributed by atoms with Gasteiger partial charge >= 0.3 is 0 Å². The summed E-state index contributed by atoms with van der Waals surface area (Å²) in [6.07, 6.45) is 0. The molecule has 0 radical (unpaired) electrons. The van der Waals surface area contributed by atoms with E-state index >= 15 is 0 Å². The van der Waals surface area contributed by atoms with Crippen molar-refractivity contribution in [1.29, 1.82) is 0 Å². The molecule has 0 spiro atoms. The Morgan fingerprint density at radius 1 is 1.11 bits per heavy atom. The molecule has 2 aromatic carbocycles. The number of fused-ring (bicyclic) bond motifs is 1. The van der Waals surface area contributed by atoms with Crippen molar-refractivity contribution in [2.45, 2.75) is 11.8 Å². The maximum Gasteiger partial charge on any atom is 0.265 e. The fourth-order valence-electron chi connectivity index (χ4n) is 2.29. The van der Waals surface area contributed by atoms with Crippen LogP contribution in [-0.2, 0) is 10.0 Å². The molecule has 0 N–H and O–H groups in total. The van der Waals surface area contributed by atoms with Gasteiger partial charge in [-0.05, 0) is 29.8 Å². The zero-order valence-corrected chi connectivity index (χ0v) is 11.4. The lowest BCUT2D eigenvalue weighted by Crippen LogP contribution is -2.32. The van der Waals surface area contributed by atoms with E-state index in [1.807, 2.05) is 30.3 Å². The molecular weight excluding hydrogens is 260 g/mol. The standard InChI is InChI=1S/C14H14N2O2S/c1-11-15-8-9-16(11)19(17,18)14-7-6-12-4-2-3-5-13(12)10-14/h2-7,10H,8-9H2,1H3. The molecule has 3 rings (SSSR count). The maximum absolute atomic E-state index is 12.5. The van der Waals surface area contributed by atoms with E-state index in [1.54, 1.807) is 19.1 Å². The van der Waals surface area contributed by atoms with Gasteiger partial charge in [-0.3, -0.25) is 9.30 Å². The molecule has 0 amide bonds. The summed E-state index contributed by atoms with van der Waals surface area (Å²) in [5, 5.41) is 1.96.